The number of benzene rings is 1. The Labute approximate surface area is 162 Å². The molecule has 5 nitrogen and oxygen atoms in total. The van der Waals surface area contributed by atoms with E-state index in [1.807, 2.05) is 24.3 Å². The van der Waals surface area contributed by atoms with Gasteiger partial charge in [-0.25, -0.2) is 9.78 Å². The molecule has 5 heteroatoms. The summed E-state index contributed by atoms with van der Waals surface area (Å²) in [6, 6.07) is 10.7. The van der Waals surface area contributed by atoms with Gasteiger partial charge < -0.3 is 10.2 Å². The van der Waals surface area contributed by atoms with Crippen molar-refractivity contribution < 1.29 is 15.0 Å². The van der Waals surface area contributed by atoms with Crippen LogP contribution in [0.1, 0.15) is 22.3 Å². The van der Waals surface area contributed by atoms with Crippen molar-refractivity contribution in [1.82, 2.24) is 9.97 Å². The van der Waals surface area contributed by atoms with Gasteiger partial charge >= 0.3 is 5.97 Å². The molecule has 1 aliphatic carbocycles. The number of carboxylic acid groups (broad SMARTS) is 1. The van der Waals surface area contributed by atoms with Crippen molar-refractivity contribution >= 4 is 16.9 Å². The summed E-state index contributed by atoms with van der Waals surface area (Å²) < 4.78 is 0. The van der Waals surface area contributed by atoms with Crippen LogP contribution in [0.15, 0.2) is 48.8 Å². The quantitative estimate of drug-likeness (QED) is 0.695. The Kier molecular flexibility index (Phi) is 4.76. The molecule has 4 rings (SSSR count). The molecule has 1 aromatic carbocycles. The van der Waals surface area contributed by atoms with Crippen molar-refractivity contribution in [3.63, 3.8) is 0 Å². The van der Waals surface area contributed by atoms with Gasteiger partial charge in [0.25, 0.3) is 0 Å². The van der Waals surface area contributed by atoms with Gasteiger partial charge in [-0.3, -0.25) is 4.98 Å². The number of hydrogen-bond donors (Lipinski definition) is 2. The van der Waals surface area contributed by atoms with Crippen LogP contribution in [0.4, 0.5) is 0 Å². The monoisotopic (exact) mass is 368 g/mol. The molecule has 1 saturated carbocycles. The second kappa shape index (κ2) is 7.52. The molecule has 0 saturated heterocycles. The molecule has 1 unspecified atom stereocenters. The molecule has 2 atom stereocenters. The van der Waals surface area contributed by atoms with Crippen LogP contribution in [-0.2, 0) is 0 Å². The van der Waals surface area contributed by atoms with Crippen LogP contribution >= 0.6 is 0 Å². The number of rotatable bonds is 3. The van der Waals surface area contributed by atoms with Gasteiger partial charge in [-0.15, -0.1) is 0 Å². The summed E-state index contributed by atoms with van der Waals surface area (Å²) in [6.07, 6.45) is 4.06. The minimum atomic E-state index is -1.01. The van der Waals surface area contributed by atoms with Crippen molar-refractivity contribution in [2.24, 2.45) is 11.8 Å². The zero-order valence-electron chi connectivity index (χ0n) is 14.9. The van der Waals surface area contributed by atoms with E-state index in [1.165, 1.54) is 6.20 Å². The lowest BCUT2D eigenvalue weighted by molar-refractivity contribution is 0.0699. The van der Waals surface area contributed by atoms with E-state index in [4.69, 9.17) is 5.11 Å². The van der Waals surface area contributed by atoms with Crippen LogP contribution in [0.3, 0.4) is 0 Å². The van der Waals surface area contributed by atoms with Crippen molar-refractivity contribution in [1.29, 1.82) is 0 Å². The van der Waals surface area contributed by atoms with Gasteiger partial charge in [0.15, 0.2) is 0 Å². The number of aliphatic hydroxyl groups excluding tert-OH is 1. The third-order valence-electron chi connectivity index (χ3n) is 4.71. The maximum atomic E-state index is 11.6. The summed E-state index contributed by atoms with van der Waals surface area (Å²) in [6.45, 7) is 0.192. The predicted octanol–water partition coefficient (Wildman–Crippen LogP) is 2.98. The standard InChI is InChI=1S/C23H16N2O3/c26-14-18-11-17(18)4-2-1-3-15-5-7-16(8-6-15)22-12-19(23(27)28)20-13-24-10-9-21(20)25-22/h5-10,12-13,17-18,26H,11,14H2,(H,27,28)/t17-,18?/m1/s1. The average molecular weight is 368 g/mol. The molecular weight excluding hydrogens is 352 g/mol. The number of aromatic carboxylic acids is 1. The highest BCUT2D eigenvalue weighted by Gasteiger charge is 2.34. The molecule has 2 aromatic heterocycles. The predicted molar refractivity (Wildman–Crippen MR) is 105 cm³/mol. The highest BCUT2D eigenvalue weighted by atomic mass is 16.4. The highest BCUT2D eigenvalue weighted by Crippen LogP contribution is 2.36. The third-order valence-corrected chi connectivity index (χ3v) is 4.71. The average Bonchev–Trinajstić information content (AvgIpc) is 3.49. The number of nitrogens with zero attached hydrogens (tertiary/aromatic N) is 2. The third kappa shape index (κ3) is 3.71. The number of hydrogen-bond acceptors (Lipinski definition) is 4. The van der Waals surface area contributed by atoms with E-state index in [2.05, 4.69) is 33.6 Å². The largest absolute Gasteiger partial charge is 0.478 e. The molecule has 3 aromatic rings. The van der Waals surface area contributed by atoms with E-state index in [0.29, 0.717) is 22.5 Å². The van der Waals surface area contributed by atoms with Crippen LogP contribution in [0.25, 0.3) is 22.2 Å². The fourth-order valence-corrected chi connectivity index (χ4v) is 2.98. The first-order chi connectivity index (χ1) is 13.7. The minimum Gasteiger partial charge on any atom is -0.478 e. The number of pyridine rings is 2. The zero-order valence-corrected chi connectivity index (χ0v) is 14.9. The lowest BCUT2D eigenvalue weighted by Crippen LogP contribution is -2.00. The molecular formula is C23H16N2O3. The molecule has 0 amide bonds. The summed E-state index contributed by atoms with van der Waals surface area (Å²) in [4.78, 5) is 20.1. The summed E-state index contributed by atoms with van der Waals surface area (Å²) in [5.74, 6) is 11.3. The van der Waals surface area contributed by atoms with E-state index >= 15 is 0 Å². The van der Waals surface area contributed by atoms with E-state index in [-0.39, 0.29) is 18.1 Å². The minimum absolute atomic E-state index is 0.175. The number of fused-ring (bicyclic) bond motifs is 1. The maximum Gasteiger partial charge on any atom is 0.336 e. The highest BCUT2D eigenvalue weighted by molar-refractivity contribution is 6.03. The van der Waals surface area contributed by atoms with Crippen LogP contribution in [0.5, 0.6) is 0 Å². The van der Waals surface area contributed by atoms with Gasteiger partial charge in [0.2, 0.25) is 0 Å². The zero-order chi connectivity index (χ0) is 19.5. The Hall–Kier alpha value is -3.67. The van der Waals surface area contributed by atoms with E-state index in [9.17, 15) is 9.90 Å². The van der Waals surface area contributed by atoms with Crippen molar-refractivity contribution in [3.05, 3.63) is 59.9 Å². The smallest absolute Gasteiger partial charge is 0.336 e. The SMILES string of the molecule is O=C(O)c1cc(-c2ccc(C#CC#C[C@@H]3CC3CO)cc2)nc2ccncc12. The van der Waals surface area contributed by atoms with Gasteiger partial charge in [0.1, 0.15) is 0 Å². The summed E-state index contributed by atoms with van der Waals surface area (Å²) in [7, 11) is 0. The molecule has 1 fully saturated rings. The van der Waals surface area contributed by atoms with Gasteiger partial charge in [0, 0.05) is 41.4 Å². The molecule has 2 N–H and O–H groups in total. The molecule has 136 valence electrons. The molecule has 2 heterocycles. The van der Waals surface area contributed by atoms with Crippen molar-refractivity contribution in [3.8, 4) is 34.9 Å². The van der Waals surface area contributed by atoms with Crippen molar-refractivity contribution in [2.45, 2.75) is 6.42 Å². The maximum absolute atomic E-state index is 11.6. The molecule has 0 radical (unpaired) electrons. The number of carbonyl (C=O) groups is 1. The van der Waals surface area contributed by atoms with Gasteiger partial charge in [-0.2, -0.15) is 0 Å². The van der Waals surface area contributed by atoms with Gasteiger partial charge in [-0.05, 0) is 48.4 Å². The normalized spacial score (nSPS) is 17.2. The molecule has 28 heavy (non-hydrogen) atoms. The van der Waals surface area contributed by atoms with E-state index < -0.39 is 5.97 Å². The first kappa shape index (κ1) is 17.7. The molecule has 0 spiro atoms. The Morgan fingerprint density at radius 2 is 2.00 bits per heavy atom. The fourth-order valence-electron chi connectivity index (χ4n) is 2.98. The molecule has 1 aliphatic rings. The number of carboxylic acids is 1. The fraction of sp³-hybridized carbons (Fsp3) is 0.174. The lowest BCUT2D eigenvalue weighted by atomic mass is 10.0. The van der Waals surface area contributed by atoms with Crippen LogP contribution in [0.2, 0.25) is 0 Å². The molecule has 0 aliphatic heterocycles. The number of aromatic nitrogens is 2. The summed E-state index contributed by atoms with van der Waals surface area (Å²) in [5.41, 5.74) is 2.97. The Bertz CT molecular complexity index is 1180. The Balaban J connectivity index is 1.58. The first-order valence-electron chi connectivity index (χ1n) is 8.86. The Morgan fingerprint density at radius 1 is 1.18 bits per heavy atom. The van der Waals surface area contributed by atoms with E-state index in [0.717, 1.165) is 17.5 Å². The van der Waals surface area contributed by atoms with Crippen LogP contribution in [0, 0.1) is 35.5 Å². The first-order valence-corrected chi connectivity index (χ1v) is 8.86. The Morgan fingerprint density at radius 3 is 2.71 bits per heavy atom. The van der Waals surface area contributed by atoms with E-state index in [1.54, 1.807) is 18.3 Å². The van der Waals surface area contributed by atoms with Crippen LogP contribution < -0.4 is 0 Å². The van der Waals surface area contributed by atoms with Crippen LogP contribution in [-0.4, -0.2) is 32.8 Å². The van der Waals surface area contributed by atoms with Gasteiger partial charge in [0.05, 0.1) is 16.8 Å². The second-order valence-electron chi connectivity index (χ2n) is 6.63. The van der Waals surface area contributed by atoms with Gasteiger partial charge in [-0.1, -0.05) is 24.0 Å². The topological polar surface area (TPSA) is 83.3 Å². The second-order valence-corrected chi connectivity index (χ2v) is 6.63. The number of aliphatic hydroxyl groups is 1. The van der Waals surface area contributed by atoms with Crippen molar-refractivity contribution in [2.75, 3.05) is 6.61 Å². The summed E-state index contributed by atoms with van der Waals surface area (Å²) >= 11 is 0. The summed E-state index contributed by atoms with van der Waals surface area (Å²) in [5, 5.41) is 19.0. The molecule has 0 bridgehead atoms. The lowest BCUT2D eigenvalue weighted by Gasteiger charge is -2.06.